The van der Waals surface area contributed by atoms with Crippen LogP contribution >= 0.6 is 0 Å². The van der Waals surface area contributed by atoms with Gasteiger partial charge in [-0.05, 0) is 74.7 Å². The molecular formula is C31H39N3O6S. The molecule has 0 saturated carbocycles. The number of amides is 2. The molecular weight excluding hydrogens is 542 g/mol. The van der Waals surface area contributed by atoms with Crippen LogP contribution in [-0.2, 0) is 26.2 Å². The van der Waals surface area contributed by atoms with E-state index in [1.807, 2.05) is 26.8 Å². The number of nitrogens with one attached hydrogen (secondary N) is 1. The first-order chi connectivity index (χ1) is 19.5. The van der Waals surface area contributed by atoms with Gasteiger partial charge in [-0.2, -0.15) is 0 Å². The first-order valence-corrected chi connectivity index (χ1v) is 14.9. The largest absolute Gasteiger partial charge is 0.497 e. The summed E-state index contributed by atoms with van der Waals surface area (Å²) in [6.45, 7) is 7.24. The van der Waals surface area contributed by atoms with Crippen molar-refractivity contribution in [3.8, 4) is 11.5 Å². The van der Waals surface area contributed by atoms with Crippen molar-refractivity contribution in [1.82, 2.24) is 10.2 Å². The normalized spacial score (nSPS) is 11.9. The molecule has 2 amide bonds. The summed E-state index contributed by atoms with van der Waals surface area (Å²) >= 11 is 0. The zero-order valence-corrected chi connectivity index (χ0v) is 25.3. The van der Waals surface area contributed by atoms with Crippen molar-refractivity contribution >= 4 is 27.5 Å². The molecule has 0 aliphatic carbocycles. The van der Waals surface area contributed by atoms with E-state index in [1.54, 1.807) is 62.6 Å². The number of hydrogen-bond acceptors (Lipinski definition) is 6. The molecule has 0 fully saturated rings. The Morgan fingerprint density at radius 2 is 1.61 bits per heavy atom. The number of methoxy groups -OCH3 is 2. The molecule has 0 heterocycles. The lowest BCUT2D eigenvalue weighted by molar-refractivity contribution is -0.139. The van der Waals surface area contributed by atoms with Gasteiger partial charge in [-0.3, -0.25) is 13.9 Å². The number of aryl methyl sites for hydroxylation is 2. The van der Waals surface area contributed by atoms with Crippen molar-refractivity contribution in [3.63, 3.8) is 0 Å². The van der Waals surface area contributed by atoms with Crippen LogP contribution in [0.4, 0.5) is 5.69 Å². The number of benzene rings is 3. The maximum atomic E-state index is 14.1. The number of hydrogen-bond donors (Lipinski definition) is 1. The molecule has 0 unspecified atom stereocenters. The molecule has 0 aliphatic heterocycles. The Morgan fingerprint density at radius 1 is 0.927 bits per heavy atom. The van der Waals surface area contributed by atoms with Crippen LogP contribution in [0, 0.1) is 13.8 Å². The molecule has 220 valence electrons. The van der Waals surface area contributed by atoms with Crippen LogP contribution in [0.3, 0.4) is 0 Å². The predicted octanol–water partition coefficient (Wildman–Crippen LogP) is 4.46. The maximum Gasteiger partial charge on any atom is 0.264 e. The van der Waals surface area contributed by atoms with E-state index in [-0.39, 0.29) is 23.0 Å². The van der Waals surface area contributed by atoms with Gasteiger partial charge in [0.05, 0.1) is 24.8 Å². The number of carbonyl (C=O) groups excluding carboxylic acids is 2. The first kappa shape index (κ1) is 31.5. The third-order valence-corrected chi connectivity index (χ3v) is 8.47. The number of anilines is 1. The number of sulfonamides is 1. The summed E-state index contributed by atoms with van der Waals surface area (Å²) in [5.74, 6) is 0.0219. The van der Waals surface area contributed by atoms with Crippen molar-refractivity contribution < 1.29 is 27.5 Å². The van der Waals surface area contributed by atoms with E-state index < -0.39 is 28.5 Å². The molecule has 0 saturated heterocycles. The highest BCUT2D eigenvalue weighted by atomic mass is 32.2. The van der Waals surface area contributed by atoms with Gasteiger partial charge in [0.25, 0.3) is 10.0 Å². The van der Waals surface area contributed by atoms with Gasteiger partial charge in [-0.1, -0.05) is 42.8 Å². The topological polar surface area (TPSA) is 105 Å². The van der Waals surface area contributed by atoms with E-state index >= 15 is 0 Å². The summed E-state index contributed by atoms with van der Waals surface area (Å²) in [5.41, 5.74) is 2.65. The molecule has 3 rings (SSSR count). The van der Waals surface area contributed by atoms with Crippen LogP contribution in [0.25, 0.3) is 0 Å². The summed E-state index contributed by atoms with van der Waals surface area (Å²) in [4.78, 5) is 28.5. The van der Waals surface area contributed by atoms with E-state index in [4.69, 9.17) is 9.47 Å². The number of nitrogens with zero attached hydrogens (tertiary/aromatic N) is 2. The molecule has 3 aromatic rings. The summed E-state index contributed by atoms with van der Waals surface area (Å²) in [7, 11) is -1.21. The summed E-state index contributed by atoms with van der Waals surface area (Å²) in [5, 5.41) is 2.84. The Hall–Kier alpha value is -4.05. The molecule has 0 bridgehead atoms. The fraction of sp³-hybridized carbons (Fsp3) is 0.355. The minimum Gasteiger partial charge on any atom is -0.497 e. The van der Waals surface area contributed by atoms with Crippen LogP contribution in [0.2, 0.25) is 0 Å². The Morgan fingerprint density at radius 3 is 2.24 bits per heavy atom. The molecule has 0 radical (unpaired) electrons. The zero-order chi connectivity index (χ0) is 30.2. The Labute approximate surface area is 243 Å². The van der Waals surface area contributed by atoms with Gasteiger partial charge in [0.2, 0.25) is 11.8 Å². The Bertz CT molecular complexity index is 1460. The van der Waals surface area contributed by atoms with Gasteiger partial charge >= 0.3 is 0 Å². The van der Waals surface area contributed by atoms with Crippen LogP contribution in [0.15, 0.2) is 71.6 Å². The lowest BCUT2D eigenvalue weighted by atomic mass is 10.1. The van der Waals surface area contributed by atoms with Gasteiger partial charge in [0, 0.05) is 13.1 Å². The van der Waals surface area contributed by atoms with Crippen molar-refractivity contribution in [3.05, 3.63) is 83.4 Å². The number of ether oxygens (including phenoxy) is 2. The minimum atomic E-state index is -4.21. The van der Waals surface area contributed by atoms with E-state index in [2.05, 4.69) is 5.32 Å². The molecule has 10 heteroatoms. The van der Waals surface area contributed by atoms with Crippen LogP contribution in [0.5, 0.6) is 11.5 Å². The standard InChI is InChI=1S/C31H39N3O6S/c1-7-17-32-31(36)24(4)33(20-25-9-8-10-26(19-25)39-5)30(35)21-34(28-18-23(3)13-16-29(28)40-6)41(37,38)27-14-11-22(2)12-15-27/h8-16,18-19,24H,7,17,20-21H2,1-6H3,(H,32,36)/t24-/m1/s1. The minimum absolute atomic E-state index is 0.0348. The van der Waals surface area contributed by atoms with E-state index in [0.717, 1.165) is 27.4 Å². The van der Waals surface area contributed by atoms with Crippen molar-refractivity contribution in [2.24, 2.45) is 0 Å². The second-order valence-electron chi connectivity index (χ2n) is 9.84. The monoisotopic (exact) mass is 581 g/mol. The van der Waals surface area contributed by atoms with Crippen LogP contribution < -0.4 is 19.1 Å². The fourth-order valence-electron chi connectivity index (χ4n) is 4.29. The predicted molar refractivity (Wildman–Crippen MR) is 160 cm³/mol. The average Bonchev–Trinajstić information content (AvgIpc) is 2.97. The molecule has 0 aliphatic rings. The van der Waals surface area contributed by atoms with Crippen molar-refractivity contribution in [2.75, 3.05) is 31.6 Å². The number of carbonyl (C=O) groups is 2. The molecule has 9 nitrogen and oxygen atoms in total. The molecule has 41 heavy (non-hydrogen) atoms. The third kappa shape index (κ3) is 7.79. The van der Waals surface area contributed by atoms with E-state index in [1.165, 1.54) is 24.1 Å². The summed E-state index contributed by atoms with van der Waals surface area (Å²) in [6, 6.07) is 17.9. The zero-order valence-electron chi connectivity index (χ0n) is 24.5. The quantitative estimate of drug-likeness (QED) is 0.320. The van der Waals surface area contributed by atoms with Gasteiger partial charge in [-0.25, -0.2) is 8.42 Å². The fourth-order valence-corrected chi connectivity index (χ4v) is 5.71. The molecule has 0 spiro atoms. The summed E-state index contributed by atoms with van der Waals surface area (Å²) in [6.07, 6.45) is 0.734. The highest BCUT2D eigenvalue weighted by Crippen LogP contribution is 2.34. The van der Waals surface area contributed by atoms with Crippen LogP contribution in [-0.4, -0.2) is 58.5 Å². The molecule has 1 N–H and O–H groups in total. The SMILES string of the molecule is CCCNC(=O)[C@@H](C)N(Cc1cccc(OC)c1)C(=O)CN(c1cc(C)ccc1OC)S(=O)(=O)c1ccc(C)cc1. The molecule has 1 atom stereocenters. The van der Waals surface area contributed by atoms with Gasteiger partial charge < -0.3 is 19.7 Å². The lowest BCUT2D eigenvalue weighted by Crippen LogP contribution is -2.51. The summed E-state index contributed by atoms with van der Waals surface area (Å²) < 4.78 is 40.1. The van der Waals surface area contributed by atoms with Crippen molar-refractivity contribution in [2.45, 2.75) is 51.6 Å². The Kier molecular flexibility index (Phi) is 10.8. The first-order valence-electron chi connectivity index (χ1n) is 13.5. The van der Waals surface area contributed by atoms with E-state index in [0.29, 0.717) is 18.0 Å². The van der Waals surface area contributed by atoms with Gasteiger partial charge in [-0.15, -0.1) is 0 Å². The third-order valence-electron chi connectivity index (χ3n) is 6.69. The Balaban J connectivity index is 2.10. The van der Waals surface area contributed by atoms with Crippen molar-refractivity contribution in [1.29, 1.82) is 0 Å². The second-order valence-corrected chi connectivity index (χ2v) is 11.7. The highest BCUT2D eigenvalue weighted by Gasteiger charge is 2.34. The molecule has 3 aromatic carbocycles. The van der Waals surface area contributed by atoms with E-state index in [9.17, 15) is 18.0 Å². The van der Waals surface area contributed by atoms with Gasteiger partial charge in [0.1, 0.15) is 24.1 Å². The maximum absolute atomic E-state index is 14.1. The lowest BCUT2D eigenvalue weighted by Gasteiger charge is -2.32. The van der Waals surface area contributed by atoms with Crippen LogP contribution in [0.1, 0.15) is 37.0 Å². The number of rotatable bonds is 13. The highest BCUT2D eigenvalue weighted by molar-refractivity contribution is 7.92. The van der Waals surface area contributed by atoms with Gasteiger partial charge in [0.15, 0.2) is 0 Å². The average molecular weight is 582 g/mol. The second kappa shape index (κ2) is 14.0. The smallest absolute Gasteiger partial charge is 0.264 e. The molecule has 0 aromatic heterocycles.